The van der Waals surface area contributed by atoms with E-state index in [1.165, 1.54) is 11.3 Å². The number of esters is 1. The molecular weight excluding hydrogens is 352 g/mol. The van der Waals surface area contributed by atoms with Gasteiger partial charge in [0.1, 0.15) is 10.8 Å². The van der Waals surface area contributed by atoms with Crippen molar-refractivity contribution >= 4 is 23.2 Å². The first kappa shape index (κ1) is 19.9. The lowest BCUT2D eigenvalue weighted by molar-refractivity contribution is -0.131. The molecule has 1 heterocycles. The fourth-order valence-corrected chi connectivity index (χ4v) is 3.22. The van der Waals surface area contributed by atoms with Crippen LogP contribution in [0.15, 0.2) is 29.6 Å². The summed E-state index contributed by atoms with van der Waals surface area (Å²) in [5.41, 5.74) is 1.23. The minimum absolute atomic E-state index is 0.0323. The molecule has 0 fully saturated rings. The third-order valence-electron chi connectivity index (χ3n) is 3.72. The molecule has 0 N–H and O–H groups in total. The average Bonchev–Trinajstić information content (AvgIpc) is 3.11. The van der Waals surface area contributed by atoms with E-state index < -0.39 is 5.97 Å². The lowest BCUT2D eigenvalue weighted by Crippen LogP contribution is -2.32. The van der Waals surface area contributed by atoms with E-state index in [0.717, 1.165) is 22.7 Å². The topological polar surface area (TPSA) is 68.7 Å². The Morgan fingerprint density at radius 3 is 2.54 bits per heavy atom. The van der Waals surface area contributed by atoms with Crippen molar-refractivity contribution in [2.24, 2.45) is 0 Å². The van der Waals surface area contributed by atoms with Crippen LogP contribution >= 0.6 is 11.3 Å². The predicted octanol–water partition coefficient (Wildman–Crippen LogP) is 3.31. The Morgan fingerprint density at radius 1 is 1.19 bits per heavy atom. The van der Waals surface area contributed by atoms with Gasteiger partial charge in [-0.1, -0.05) is 19.1 Å². The highest BCUT2D eigenvalue weighted by Gasteiger charge is 2.17. The normalized spacial score (nSPS) is 10.4. The molecule has 26 heavy (non-hydrogen) atoms. The van der Waals surface area contributed by atoms with Crippen molar-refractivity contribution < 1.29 is 19.1 Å². The number of nitrogens with zero attached hydrogens (tertiary/aromatic N) is 2. The summed E-state index contributed by atoms with van der Waals surface area (Å²) in [7, 11) is 1.61. The summed E-state index contributed by atoms with van der Waals surface area (Å²) in [4.78, 5) is 30.5. The van der Waals surface area contributed by atoms with E-state index in [0.29, 0.717) is 31.8 Å². The second-order valence-corrected chi connectivity index (χ2v) is 6.63. The maximum Gasteiger partial charge on any atom is 0.357 e. The van der Waals surface area contributed by atoms with Crippen LogP contribution in [0.3, 0.4) is 0 Å². The Morgan fingerprint density at radius 2 is 1.92 bits per heavy atom. The number of rotatable bonds is 9. The SMILES string of the molecule is CCCN(Cc1nc(C(=O)OCC)cs1)C(=O)Cc1ccc(OC)cc1. The van der Waals surface area contributed by atoms with Gasteiger partial charge in [-0.2, -0.15) is 0 Å². The molecule has 0 aliphatic carbocycles. The van der Waals surface area contributed by atoms with Crippen molar-refractivity contribution in [1.82, 2.24) is 9.88 Å². The molecule has 2 rings (SSSR count). The minimum atomic E-state index is -0.429. The fourth-order valence-electron chi connectivity index (χ4n) is 2.44. The molecule has 6 nitrogen and oxygen atoms in total. The molecule has 0 saturated carbocycles. The van der Waals surface area contributed by atoms with E-state index in [2.05, 4.69) is 4.98 Å². The van der Waals surface area contributed by atoms with Crippen LogP contribution in [-0.4, -0.2) is 42.0 Å². The lowest BCUT2D eigenvalue weighted by atomic mass is 10.1. The molecule has 0 saturated heterocycles. The van der Waals surface area contributed by atoms with Gasteiger partial charge in [-0.15, -0.1) is 11.3 Å². The summed E-state index contributed by atoms with van der Waals surface area (Å²) in [5, 5.41) is 2.40. The summed E-state index contributed by atoms with van der Waals surface area (Å²) < 4.78 is 10.1. The van der Waals surface area contributed by atoms with E-state index in [9.17, 15) is 9.59 Å². The highest BCUT2D eigenvalue weighted by Crippen LogP contribution is 2.16. The zero-order valence-corrected chi connectivity index (χ0v) is 16.2. The Balaban J connectivity index is 2.02. The van der Waals surface area contributed by atoms with Gasteiger partial charge >= 0.3 is 5.97 Å². The number of carbonyl (C=O) groups is 2. The van der Waals surface area contributed by atoms with Crippen molar-refractivity contribution in [3.63, 3.8) is 0 Å². The van der Waals surface area contributed by atoms with Crippen LogP contribution < -0.4 is 4.74 Å². The first-order chi connectivity index (χ1) is 12.6. The van der Waals surface area contributed by atoms with Crippen LogP contribution in [0, 0.1) is 0 Å². The zero-order valence-electron chi connectivity index (χ0n) is 15.4. The second-order valence-electron chi connectivity index (χ2n) is 5.69. The van der Waals surface area contributed by atoms with Crippen LogP contribution in [0.4, 0.5) is 0 Å². The monoisotopic (exact) mass is 376 g/mol. The largest absolute Gasteiger partial charge is 0.497 e. The van der Waals surface area contributed by atoms with Gasteiger partial charge in [0, 0.05) is 11.9 Å². The van der Waals surface area contributed by atoms with Crippen molar-refractivity contribution in [1.29, 1.82) is 0 Å². The van der Waals surface area contributed by atoms with E-state index in [1.807, 2.05) is 31.2 Å². The number of benzene rings is 1. The third kappa shape index (κ3) is 5.56. The van der Waals surface area contributed by atoms with E-state index in [4.69, 9.17) is 9.47 Å². The number of carbonyl (C=O) groups excluding carboxylic acids is 2. The predicted molar refractivity (Wildman–Crippen MR) is 100 cm³/mol. The molecule has 0 bridgehead atoms. The highest BCUT2D eigenvalue weighted by molar-refractivity contribution is 7.09. The number of thiazole rings is 1. The number of amides is 1. The van der Waals surface area contributed by atoms with E-state index in [-0.39, 0.29) is 5.91 Å². The van der Waals surface area contributed by atoms with Gasteiger partial charge in [0.2, 0.25) is 5.91 Å². The number of aromatic nitrogens is 1. The van der Waals surface area contributed by atoms with Gasteiger partial charge in [0.05, 0.1) is 26.7 Å². The van der Waals surface area contributed by atoms with Crippen LogP contribution in [-0.2, 0) is 22.5 Å². The van der Waals surface area contributed by atoms with Crippen LogP contribution in [0.1, 0.15) is 41.3 Å². The Bertz CT molecular complexity index is 727. The number of methoxy groups -OCH3 is 1. The first-order valence-corrected chi connectivity index (χ1v) is 9.47. The third-order valence-corrected chi connectivity index (χ3v) is 4.56. The smallest absolute Gasteiger partial charge is 0.357 e. The summed E-state index contributed by atoms with van der Waals surface area (Å²) >= 11 is 1.36. The fraction of sp³-hybridized carbons (Fsp3) is 0.421. The summed E-state index contributed by atoms with van der Waals surface area (Å²) in [6.07, 6.45) is 1.17. The van der Waals surface area contributed by atoms with E-state index in [1.54, 1.807) is 24.3 Å². The summed E-state index contributed by atoms with van der Waals surface area (Å²) in [5.74, 6) is 0.368. The second kappa shape index (κ2) is 9.91. The first-order valence-electron chi connectivity index (χ1n) is 8.59. The summed E-state index contributed by atoms with van der Waals surface area (Å²) in [6, 6.07) is 7.48. The van der Waals surface area contributed by atoms with Gasteiger partial charge in [0.15, 0.2) is 5.69 Å². The van der Waals surface area contributed by atoms with Crippen molar-refractivity contribution in [3.8, 4) is 5.75 Å². The van der Waals surface area contributed by atoms with Gasteiger partial charge in [-0.05, 0) is 31.0 Å². The molecular formula is C19H24N2O4S. The molecule has 0 aliphatic rings. The molecule has 1 amide bonds. The molecule has 0 radical (unpaired) electrons. The van der Waals surface area contributed by atoms with Gasteiger partial charge in [-0.3, -0.25) is 4.79 Å². The van der Waals surface area contributed by atoms with Gasteiger partial charge in [0.25, 0.3) is 0 Å². The standard InChI is InChI=1S/C19H24N2O4S/c1-4-10-21(12-17-20-16(13-26-17)19(23)25-5-2)18(22)11-14-6-8-15(24-3)9-7-14/h6-9,13H,4-5,10-12H2,1-3H3. The molecule has 140 valence electrons. The Kier molecular flexibility index (Phi) is 7.59. The van der Waals surface area contributed by atoms with Gasteiger partial charge < -0.3 is 14.4 Å². The number of hydrogen-bond acceptors (Lipinski definition) is 6. The molecule has 0 aliphatic heterocycles. The van der Waals surface area contributed by atoms with E-state index >= 15 is 0 Å². The summed E-state index contributed by atoms with van der Waals surface area (Å²) in [6.45, 7) is 5.13. The van der Waals surface area contributed by atoms with Crippen LogP contribution in [0.5, 0.6) is 5.75 Å². The van der Waals surface area contributed by atoms with Crippen molar-refractivity contribution in [2.75, 3.05) is 20.3 Å². The average molecular weight is 376 g/mol. The van der Waals surface area contributed by atoms with Crippen molar-refractivity contribution in [2.45, 2.75) is 33.2 Å². The zero-order chi connectivity index (χ0) is 18.9. The van der Waals surface area contributed by atoms with Crippen molar-refractivity contribution in [3.05, 3.63) is 45.9 Å². The highest BCUT2D eigenvalue weighted by atomic mass is 32.1. The molecule has 1 aromatic heterocycles. The van der Waals surface area contributed by atoms with Crippen LogP contribution in [0.2, 0.25) is 0 Å². The van der Waals surface area contributed by atoms with Gasteiger partial charge in [-0.25, -0.2) is 9.78 Å². The lowest BCUT2D eigenvalue weighted by Gasteiger charge is -2.21. The molecule has 1 aromatic carbocycles. The quantitative estimate of drug-likeness (QED) is 0.628. The molecule has 0 atom stereocenters. The van der Waals surface area contributed by atoms with Crippen LogP contribution in [0.25, 0.3) is 0 Å². The molecule has 7 heteroatoms. The maximum atomic E-state index is 12.7. The Hall–Kier alpha value is -2.41. The molecule has 0 spiro atoms. The minimum Gasteiger partial charge on any atom is -0.497 e. The number of ether oxygens (including phenoxy) is 2. The Labute approximate surface area is 157 Å². The number of hydrogen-bond donors (Lipinski definition) is 0. The maximum absolute atomic E-state index is 12.7. The molecule has 0 unspecified atom stereocenters. The molecule has 2 aromatic rings.